The van der Waals surface area contributed by atoms with E-state index in [9.17, 15) is 5.11 Å². The number of nitrogens with zero attached hydrogens (tertiary/aromatic N) is 1. The predicted molar refractivity (Wildman–Crippen MR) is 92.5 cm³/mol. The van der Waals surface area contributed by atoms with Crippen LogP contribution in [0, 0.1) is 0 Å². The molecule has 0 amide bonds. The Labute approximate surface area is 133 Å². The monoisotopic (exact) mass is 298 g/mol. The van der Waals surface area contributed by atoms with Gasteiger partial charge in [0.1, 0.15) is 6.54 Å². The molecule has 0 bridgehead atoms. The van der Waals surface area contributed by atoms with Crippen LogP contribution in [-0.2, 0) is 0 Å². The molecule has 0 spiro atoms. The van der Waals surface area contributed by atoms with Gasteiger partial charge in [-0.3, -0.25) is 0 Å². The Morgan fingerprint density at radius 2 is 1.38 bits per heavy atom. The van der Waals surface area contributed by atoms with Gasteiger partial charge in [0, 0.05) is 0 Å². The van der Waals surface area contributed by atoms with Crippen LogP contribution in [0.15, 0.2) is 0 Å². The Balaban J connectivity index is 2.18. The molecule has 2 nitrogen and oxygen atoms in total. The van der Waals surface area contributed by atoms with Gasteiger partial charge in [-0.2, -0.15) is 0 Å². The molecular formula is C19H40NO+. The highest BCUT2D eigenvalue weighted by molar-refractivity contribution is 4.67. The van der Waals surface area contributed by atoms with Crippen LogP contribution in [0.4, 0.5) is 0 Å². The molecular weight excluding hydrogens is 258 g/mol. The normalized spacial score (nSPS) is 19.6. The number of quaternary nitrogens is 1. The fourth-order valence-corrected chi connectivity index (χ4v) is 4.02. The molecule has 1 atom stereocenters. The van der Waals surface area contributed by atoms with E-state index in [1.54, 1.807) is 0 Å². The van der Waals surface area contributed by atoms with E-state index in [4.69, 9.17) is 0 Å². The smallest absolute Gasteiger partial charge is 0.102 e. The van der Waals surface area contributed by atoms with Crippen molar-refractivity contribution >= 4 is 0 Å². The third-order valence-corrected chi connectivity index (χ3v) is 5.59. The van der Waals surface area contributed by atoms with Crippen molar-refractivity contribution in [2.75, 3.05) is 26.7 Å². The summed E-state index contributed by atoms with van der Waals surface area (Å²) in [5, 5.41) is 9.44. The van der Waals surface area contributed by atoms with Crippen LogP contribution in [-0.4, -0.2) is 42.4 Å². The lowest BCUT2D eigenvalue weighted by molar-refractivity contribution is -0.935. The molecule has 21 heavy (non-hydrogen) atoms. The van der Waals surface area contributed by atoms with Crippen molar-refractivity contribution in [3.8, 4) is 0 Å². The summed E-state index contributed by atoms with van der Waals surface area (Å²) < 4.78 is 1.13. The SMILES string of the molecule is CCCCCCCCCC[N+](C)(CCO)C1CCCCC1. The van der Waals surface area contributed by atoms with E-state index < -0.39 is 0 Å². The van der Waals surface area contributed by atoms with Gasteiger partial charge >= 0.3 is 0 Å². The summed E-state index contributed by atoms with van der Waals surface area (Å²) in [5.41, 5.74) is 0. The second-order valence-electron chi connectivity index (χ2n) is 7.42. The van der Waals surface area contributed by atoms with Gasteiger partial charge in [0.15, 0.2) is 0 Å². The first-order chi connectivity index (χ1) is 10.2. The molecule has 0 aromatic rings. The Bertz CT molecular complexity index is 238. The van der Waals surface area contributed by atoms with Crippen molar-refractivity contribution in [1.29, 1.82) is 0 Å². The van der Waals surface area contributed by atoms with Crippen LogP contribution < -0.4 is 0 Å². The lowest BCUT2D eigenvalue weighted by atomic mass is 9.92. The fourth-order valence-electron chi connectivity index (χ4n) is 4.02. The first kappa shape index (κ1) is 19.0. The van der Waals surface area contributed by atoms with E-state index in [1.807, 2.05) is 0 Å². The lowest BCUT2D eigenvalue weighted by Gasteiger charge is -2.43. The maximum atomic E-state index is 9.44. The number of aliphatic hydroxyl groups is 1. The van der Waals surface area contributed by atoms with Gasteiger partial charge in [-0.25, -0.2) is 0 Å². The summed E-state index contributed by atoms with van der Waals surface area (Å²) in [6, 6.07) is 0.815. The molecule has 2 heteroatoms. The summed E-state index contributed by atoms with van der Waals surface area (Å²) in [7, 11) is 2.40. The molecule has 0 saturated heterocycles. The zero-order valence-electron chi connectivity index (χ0n) is 14.8. The van der Waals surface area contributed by atoms with Gasteiger partial charge in [0.25, 0.3) is 0 Å². The van der Waals surface area contributed by atoms with Crippen LogP contribution in [0.1, 0.15) is 90.4 Å². The molecule has 1 unspecified atom stereocenters. The molecule has 0 radical (unpaired) electrons. The number of likely N-dealkylation sites (N-methyl/N-ethyl adjacent to an activating group) is 1. The molecule has 1 rings (SSSR count). The highest BCUT2D eigenvalue weighted by atomic mass is 16.3. The van der Waals surface area contributed by atoms with E-state index in [0.717, 1.165) is 17.1 Å². The molecule has 0 aliphatic heterocycles. The average molecular weight is 299 g/mol. The summed E-state index contributed by atoms with van der Waals surface area (Å²) in [6.45, 7) is 4.87. The summed E-state index contributed by atoms with van der Waals surface area (Å²) in [4.78, 5) is 0. The quantitative estimate of drug-likeness (QED) is 0.401. The van der Waals surface area contributed by atoms with Crippen molar-refractivity contribution in [2.45, 2.75) is 96.4 Å². The molecule has 1 N–H and O–H groups in total. The average Bonchev–Trinajstić information content (AvgIpc) is 2.51. The fraction of sp³-hybridized carbons (Fsp3) is 1.00. The number of aliphatic hydroxyl groups excluding tert-OH is 1. The Morgan fingerprint density at radius 1 is 0.810 bits per heavy atom. The molecule has 126 valence electrons. The molecule has 1 fully saturated rings. The zero-order chi connectivity index (χ0) is 15.4. The second-order valence-corrected chi connectivity index (χ2v) is 7.42. The number of unbranched alkanes of at least 4 members (excludes halogenated alkanes) is 7. The third kappa shape index (κ3) is 7.65. The maximum absolute atomic E-state index is 9.44. The molecule has 0 heterocycles. The topological polar surface area (TPSA) is 20.2 Å². The van der Waals surface area contributed by atoms with Crippen LogP contribution in [0.25, 0.3) is 0 Å². The van der Waals surface area contributed by atoms with Gasteiger partial charge in [0.2, 0.25) is 0 Å². The van der Waals surface area contributed by atoms with E-state index in [-0.39, 0.29) is 0 Å². The van der Waals surface area contributed by atoms with Crippen molar-refractivity contribution in [3.63, 3.8) is 0 Å². The maximum Gasteiger partial charge on any atom is 0.102 e. The lowest BCUT2D eigenvalue weighted by Crippen LogP contribution is -2.55. The van der Waals surface area contributed by atoms with Crippen LogP contribution >= 0.6 is 0 Å². The van der Waals surface area contributed by atoms with Crippen molar-refractivity contribution < 1.29 is 9.59 Å². The first-order valence-electron chi connectivity index (χ1n) is 9.68. The zero-order valence-corrected chi connectivity index (χ0v) is 14.8. The highest BCUT2D eigenvalue weighted by Crippen LogP contribution is 2.27. The number of hydrogen-bond donors (Lipinski definition) is 1. The predicted octanol–water partition coefficient (Wildman–Crippen LogP) is 4.90. The van der Waals surface area contributed by atoms with Gasteiger partial charge in [-0.1, -0.05) is 51.9 Å². The minimum atomic E-state index is 0.351. The Kier molecular flexibility index (Phi) is 10.4. The van der Waals surface area contributed by atoms with Gasteiger partial charge in [-0.05, 0) is 38.5 Å². The molecule has 0 aromatic heterocycles. The highest BCUT2D eigenvalue weighted by Gasteiger charge is 2.32. The third-order valence-electron chi connectivity index (χ3n) is 5.59. The second kappa shape index (κ2) is 11.5. The van der Waals surface area contributed by atoms with Crippen LogP contribution in [0.2, 0.25) is 0 Å². The number of hydrogen-bond acceptors (Lipinski definition) is 1. The van der Waals surface area contributed by atoms with Crippen LogP contribution in [0.3, 0.4) is 0 Å². The van der Waals surface area contributed by atoms with Gasteiger partial charge in [-0.15, -0.1) is 0 Å². The summed E-state index contributed by atoms with van der Waals surface area (Å²) in [6.07, 6.45) is 18.2. The largest absolute Gasteiger partial charge is 0.391 e. The van der Waals surface area contributed by atoms with Gasteiger partial charge < -0.3 is 9.59 Å². The molecule has 1 saturated carbocycles. The van der Waals surface area contributed by atoms with Crippen molar-refractivity contribution in [1.82, 2.24) is 0 Å². The van der Waals surface area contributed by atoms with Crippen molar-refractivity contribution in [3.05, 3.63) is 0 Å². The summed E-state index contributed by atoms with van der Waals surface area (Å²) >= 11 is 0. The minimum absolute atomic E-state index is 0.351. The minimum Gasteiger partial charge on any atom is -0.391 e. The standard InChI is InChI=1S/C19H40NO/c1-3-4-5-6-7-8-9-13-16-20(2,17-18-21)19-14-11-10-12-15-19/h19,21H,3-18H2,1-2H3/q+1. The Hall–Kier alpha value is -0.0800. The van der Waals surface area contributed by atoms with E-state index >= 15 is 0 Å². The van der Waals surface area contributed by atoms with E-state index in [0.29, 0.717) is 6.61 Å². The Morgan fingerprint density at radius 3 is 1.95 bits per heavy atom. The van der Waals surface area contributed by atoms with E-state index in [1.165, 1.54) is 90.0 Å². The summed E-state index contributed by atoms with van der Waals surface area (Å²) in [5.74, 6) is 0. The number of rotatable bonds is 12. The first-order valence-corrected chi connectivity index (χ1v) is 9.68. The molecule has 0 aromatic carbocycles. The molecule has 1 aliphatic carbocycles. The van der Waals surface area contributed by atoms with Crippen molar-refractivity contribution in [2.24, 2.45) is 0 Å². The van der Waals surface area contributed by atoms with Gasteiger partial charge in [0.05, 0.1) is 26.2 Å². The molecule has 1 aliphatic rings. The van der Waals surface area contributed by atoms with Crippen LogP contribution in [0.5, 0.6) is 0 Å². The van der Waals surface area contributed by atoms with E-state index in [2.05, 4.69) is 14.0 Å².